The Morgan fingerprint density at radius 1 is 0.624 bits per heavy atom. The fourth-order valence-electron chi connectivity index (χ4n) is 12.4. The van der Waals surface area contributed by atoms with Gasteiger partial charge in [0.15, 0.2) is 41.8 Å². The lowest BCUT2D eigenvalue weighted by molar-refractivity contribution is -0.364. The lowest BCUT2D eigenvalue weighted by atomic mass is 9.79. The van der Waals surface area contributed by atoms with Crippen LogP contribution in [0.4, 0.5) is 9.59 Å². The average molecular weight is 1330 g/mol. The molecular weight excluding hydrogens is 1220 g/mol. The minimum Gasteiger partial charge on any atom is -0.445 e. The van der Waals surface area contributed by atoms with Crippen LogP contribution in [-0.4, -0.2) is 158 Å². The highest BCUT2D eigenvalue weighted by atomic mass is 28.4. The van der Waals surface area contributed by atoms with Gasteiger partial charge in [-0.2, -0.15) is 0 Å². The number of benzene rings is 3. The van der Waals surface area contributed by atoms with Crippen molar-refractivity contribution in [1.29, 1.82) is 0 Å². The first-order chi connectivity index (χ1) is 44.0. The maximum Gasteiger partial charge on any atom is 0.407 e. The van der Waals surface area contributed by atoms with Crippen LogP contribution < -0.4 is 16.0 Å². The predicted octanol–water partition coefficient (Wildman–Crippen LogP) is 12.0. The van der Waals surface area contributed by atoms with Crippen molar-refractivity contribution in [2.24, 2.45) is 23.7 Å². The van der Waals surface area contributed by atoms with Crippen molar-refractivity contribution in [3.8, 4) is 0 Å². The molecule has 3 amide bonds. The number of carbonyl (C=O) groups excluding carboxylic acids is 3. The number of rotatable bonds is 26. The van der Waals surface area contributed by atoms with E-state index in [1.165, 1.54) is 0 Å². The second-order valence-corrected chi connectivity index (χ2v) is 38.6. The van der Waals surface area contributed by atoms with E-state index < -0.39 is 145 Å². The zero-order valence-corrected chi connectivity index (χ0v) is 59.9. The SMILES string of the molecule is C=CCO[C@@H]1[C@@H](O[C@@H]2O[C@H](CC)[C@@H](O[C@H]3O[C@@H](CNC(=O)OCc4ccccc4)[C@@H](C)[C@H](C)[C@H]3C)[C@H]2O[Si](C)(C)C(C)(C)C)[C@H](O[C@H]2O[C@@H]3COC(c4ccccc4)O[C@H]3[C@H](O[Si](C)(C)C(C)(C)C)[C@H]2C)[C@@H](NC(=O)OCc2ccccc2)C[C@H]1NC(=O)[C@@H](O)CCC. The summed E-state index contributed by atoms with van der Waals surface area (Å²) in [5.74, 6) is -1.15. The summed E-state index contributed by atoms with van der Waals surface area (Å²) >= 11 is 0. The van der Waals surface area contributed by atoms with E-state index in [4.69, 9.17) is 61.0 Å². The zero-order valence-electron chi connectivity index (χ0n) is 57.9. The maximum absolute atomic E-state index is 14.5. The number of hydrogen-bond donors (Lipinski definition) is 4. The summed E-state index contributed by atoms with van der Waals surface area (Å²) in [6.07, 6.45) is -11.5. The first-order valence-electron chi connectivity index (χ1n) is 33.8. The Balaban J connectivity index is 1.20. The third kappa shape index (κ3) is 18.7. The average Bonchev–Trinajstić information content (AvgIpc) is 1.78. The van der Waals surface area contributed by atoms with E-state index in [9.17, 15) is 19.5 Å². The molecule has 22 heteroatoms. The van der Waals surface area contributed by atoms with Crippen molar-refractivity contribution in [3.63, 3.8) is 0 Å². The van der Waals surface area contributed by atoms with Gasteiger partial charge in [0.25, 0.3) is 0 Å². The van der Waals surface area contributed by atoms with Gasteiger partial charge in [-0.25, -0.2) is 9.59 Å². The van der Waals surface area contributed by atoms with Crippen LogP contribution >= 0.6 is 0 Å². The second kappa shape index (κ2) is 32.6. The Labute approximate surface area is 555 Å². The lowest BCUT2D eigenvalue weighted by Crippen LogP contribution is -2.69. The van der Waals surface area contributed by atoms with Gasteiger partial charge in [-0.15, -0.1) is 6.58 Å². The van der Waals surface area contributed by atoms with Crippen LogP contribution in [0.3, 0.4) is 0 Å². The largest absolute Gasteiger partial charge is 0.445 e. The molecular formula is C71H109N3O17Si2. The molecule has 4 saturated heterocycles. The molecule has 0 spiro atoms. The number of hydrogen-bond acceptors (Lipinski definition) is 17. The molecule has 93 heavy (non-hydrogen) atoms. The van der Waals surface area contributed by atoms with Crippen molar-refractivity contribution < 1.29 is 80.4 Å². The van der Waals surface area contributed by atoms with Crippen LogP contribution in [0.25, 0.3) is 0 Å². The minimum absolute atomic E-state index is 0.00510. The number of nitrogens with one attached hydrogen (secondary N) is 3. The van der Waals surface area contributed by atoms with E-state index in [-0.39, 0.29) is 73.6 Å². The Hall–Kier alpha value is -4.64. The van der Waals surface area contributed by atoms with Gasteiger partial charge < -0.3 is 82.0 Å². The normalized spacial score (nSPS) is 33.0. The Morgan fingerprint density at radius 3 is 1.74 bits per heavy atom. The molecule has 518 valence electrons. The summed E-state index contributed by atoms with van der Waals surface area (Å²) in [6, 6.07) is 26.8. The summed E-state index contributed by atoms with van der Waals surface area (Å²) < 4.78 is 90.6. The Morgan fingerprint density at radius 2 is 1.16 bits per heavy atom. The van der Waals surface area contributed by atoms with Crippen molar-refractivity contribution in [2.45, 2.75) is 263 Å². The van der Waals surface area contributed by atoms with Gasteiger partial charge in [-0.3, -0.25) is 4.79 Å². The first-order valence-corrected chi connectivity index (χ1v) is 39.6. The van der Waals surface area contributed by atoms with E-state index in [2.05, 4.69) is 111 Å². The maximum atomic E-state index is 14.5. The number of amides is 3. The predicted molar refractivity (Wildman–Crippen MR) is 357 cm³/mol. The lowest BCUT2D eigenvalue weighted by Gasteiger charge is -2.53. The molecule has 0 aromatic heterocycles. The molecule has 21 atom stereocenters. The van der Waals surface area contributed by atoms with Crippen LogP contribution in [0.15, 0.2) is 104 Å². The monoisotopic (exact) mass is 1330 g/mol. The summed E-state index contributed by atoms with van der Waals surface area (Å²) in [5, 5.41) is 20.0. The van der Waals surface area contributed by atoms with Gasteiger partial charge in [0.05, 0.1) is 43.6 Å². The molecule has 4 heterocycles. The van der Waals surface area contributed by atoms with E-state index in [1.807, 2.05) is 112 Å². The van der Waals surface area contributed by atoms with Gasteiger partial charge in [-0.1, -0.05) is 187 Å². The number of ether oxygens (including phenoxy) is 11. The first kappa shape index (κ1) is 74.2. The topological polar surface area (TPSA) is 228 Å². The second-order valence-electron chi connectivity index (χ2n) is 29.1. The number of aliphatic hydroxyl groups is 1. The molecule has 20 nitrogen and oxygen atoms in total. The molecule has 5 fully saturated rings. The quantitative estimate of drug-likeness (QED) is 0.0433. The summed E-state index contributed by atoms with van der Waals surface area (Å²) in [7, 11) is -5.36. The molecule has 5 aliphatic rings. The van der Waals surface area contributed by atoms with Crippen molar-refractivity contribution in [2.75, 3.05) is 19.8 Å². The number of carbonyl (C=O) groups is 3. The van der Waals surface area contributed by atoms with Gasteiger partial charge >= 0.3 is 12.2 Å². The summed E-state index contributed by atoms with van der Waals surface area (Å²) in [5.41, 5.74) is 2.51. The van der Waals surface area contributed by atoms with E-state index >= 15 is 0 Å². The minimum atomic E-state index is -2.78. The highest BCUT2D eigenvalue weighted by Crippen LogP contribution is 2.47. The molecule has 1 aliphatic carbocycles. The van der Waals surface area contributed by atoms with Crippen LogP contribution in [0.5, 0.6) is 0 Å². The molecule has 4 aliphatic heterocycles. The van der Waals surface area contributed by atoms with E-state index in [1.54, 1.807) is 6.08 Å². The summed E-state index contributed by atoms with van der Waals surface area (Å²) in [6.45, 7) is 38.6. The van der Waals surface area contributed by atoms with Gasteiger partial charge in [0.2, 0.25) is 5.91 Å². The third-order valence-corrected chi connectivity index (χ3v) is 29.4. The molecule has 3 aromatic carbocycles. The van der Waals surface area contributed by atoms with Crippen molar-refractivity contribution in [1.82, 2.24) is 16.0 Å². The summed E-state index contributed by atoms with van der Waals surface area (Å²) in [4.78, 5) is 42.0. The number of alkyl carbamates (subject to hydrolysis) is 2. The van der Waals surface area contributed by atoms with Gasteiger partial charge in [0.1, 0.15) is 62.0 Å². The Kier molecular flexibility index (Phi) is 26.0. The molecule has 4 N–H and O–H groups in total. The van der Waals surface area contributed by atoms with Crippen LogP contribution in [0, 0.1) is 23.7 Å². The van der Waals surface area contributed by atoms with Gasteiger partial charge in [-0.05, 0) is 78.5 Å². The molecule has 1 saturated carbocycles. The van der Waals surface area contributed by atoms with Crippen molar-refractivity contribution >= 4 is 34.7 Å². The fraction of sp³-hybridized carbons (Fsp3) is 0.676. The fourth-order valence-corrected chi connectivity index (χ4v) is 15.0. The van der Waals surface area contributed by atoms with E-state index in [0.717, 1.165) is 16.7 Å². The van der Waals surface area contributed by atoms with Crippen LogP contribution in [0.1, 0.15) is 132 Å². The highest BCUT2D eigenvalue weighted by molar-refractivity contribution is 6.74. The molecule has 1 unspecified atom stereocenters. The smallest absolute Gasteiger partial charge is 0.407 e. The molecule has 8 rings (SSSR count). The Bertz CT molecular complexity index is 2830. The van der Waals surface area contributed by atoms with Crippen LogP contribution in [-0.2, 0) is 79.0 Å². The van der Waals surface area contributed by atoms with Crippen molar-refractivity contribution in [3.05, 3.63) is 120 Å². The molecule has 0 bridgehead atoms. The molecule has 0 radical (unpaired) electrons. The number of aliphatic hydroxyl groups excluding tert-OH is 1. The number of fused-ring (bicyclic) bond motifs is 1. The van der Waals surface area contributed by atoms with Crippen LogP contribution in [0.2, 0.25) is 36.3 Å². The highest BCUT2D eigenvalue weighted by Gasteiger charge is 2.59. The van der Waals surface area contributed by atoms with E-state index in [0.29, 0.717) is 12.8 Å². The third-order valence-electron chi connectivity index (χ3n) is 20.4. The van der Waals surface area contributed by atoms with Gasteiger partial charge in [0, 0.05) is 23.9 Å². The molecule has 3 aromatic rings. The standard InChI is InChI=1S/C71H109N3O17Si2/c1-18-30-52(75)63(76)73-50-38-51(74-69(78)82-41-48-33-26-22-27-34-48)58(86-65-46(7)56(90-92(14,15)70(8,9)10)60-55(85-65)42-80-66(88-60)49-35-28-23-29-36-49)61(57(50)79-37-19-2)89-67-62(91-93(16,17)71(11,12)13)59(53(20-3)83-67)87-64-45(6)43(4)44(5)54(84-64)39-72-68(77)81-40-47-31-24-21-25-32-47/h19,21-29,31-36,43-46,50-62,64-67,75H,2,18,20,30,37-42H2,1,3-17H3,(H,72,77)(H,73,76)(H,74,78)/t43-,44-,45+,46+,50+,51-,52-,53+,54-,55+,56+,57-,58+,59+,60+,61+,62+,64+,65+,66?,67-/m0/s1. The zero-order chi connectivity index (χ0) is 67.6.